The van der Waals surface area contributed by atoms with Gasteiger partial charge in [-0.05, 0) is 114 Å². The Hall–Kier alpha value is -3.18. The Morgan fingerprint density at radius 3 is 2.45 bits per heavy atom. The monoisotopic (exact) mass is 641 g/mol. The molecule has 0 bridgehead atoms. The van der Waals surface area contributed by atoms with E-state index in [0.29, 0.717) is 59.4 Å². The lowest BCUT2D eigenvalue weighted by Crippen LogP contribution is -2.53. The van der Waals surface area contributed by atoms with Crippen molar-refractivity contribution in [2.75, 3.05) is 18.4 Å². The van der Waals surface area contributed by atoms with Crippen molar-refractivity contribution in [2.24, 2.45) is 11.3 Å². The van der Waals surface area contributed by atoms with Gasteiger partial charge in [-0.15, -0.1) is 0 Å². The number of sulfone groups is 1. The molecule has 1 aliphatic heterocycles. The van der Waals surface area contributed by atoms with Gasteiger partial charge in [0, 0.05) is 36.4 Å². The fourth-order valence-electron chi connectivity index (χ4n) is 6.60. The first kappa shape index (κ1) is 30.8. The number of anilines is 2. The summed E-state index contributed by atoms with van der Waals surface area (Å²) in [6, 6.07) is 6.64. The molecule has 1 atom stereocenters. The molecule has 236 valence electrons. The molecule has 1 amide bonds. The predicted octanol–water partition coefficient (Wildman–Crippen LogP) is 6.42. The quantitative estimate of drug-likeness (QED) is 0.327. The van der Waals surface area contributed by atoms with Crippen molar-refractivity contribution in [1.82, 2.24) is 19.4 Å². The number of rotatable bonds is 6. The Kier molecular flexibility index (Phi) is 7.72. The molecule has 2 aromatic heterocycles. The molecule has 2 saturated carbocycles. The van der Waals surface area contributed by atoms with Gasteiger partial charge >= 0.3 is 6.09 Å². The van der Waals surface area contributed by atoms with Crippen molar-refractivity contribution in [1.29, 1.82) is 0 Å². The van der Waals surface area contributed by atoms with Crippen molar-refractivity contribution in [3.8, 4) is 0 Å². The average Bonchev–Trinajstić information content (AvgIpc) is 3.78. The summed E-state index contributed by atoms with van der Waals surface area (Å²) in [5, 5.41) is 3.60. The Labute approximate surface area is 263 Å². The summed E-state index contributed by atoms with van der Waals surface area (Å²) in [6.07, 6.45) is 6.25. The third kappa shape index (κ3) is 5.92. The average molecular weight is 642 g/mol. The second kappa shape index (κ2) is 11.0. The first-order valence-corrected chi connectivity index (χ1v) is 17.3. The summed E-state index contributed by atoms with van der Waals surface area (Å²) < 4.78 is 34.3. The minimum absolute atomic E-state index is 0.0270. The number of benzene rings is 1. The van der Waals surface area contributed by atoms with Crippen LogP contribution in [0.25, 0.3) is 11.0 Å². The van der Waals surface area contributed by atoms with E-state index in [1.54, 1.807) is 39.9 Å². The number of aromatic nitrogens is 3. The van der Waals surface area contributed by atoms with Crippen LogP contribution in [0.2, 0.25) is 5.02 Å². The lowest BCUT2D eigenvalue weighted by atomic mass is 9.63. The molecule has 12 heteroatoms. The molecule has 3 fully saturated rings. The molecule has 10 nitrogen and oxygen atoms in total. The van der Waals surface area contributed by atoms with Gasteiger partial charge in [0.05, 0.1) is 10.1 Å². The number of halogens is 1. The van der Waals surface area contributed by atoms with Crippen molar-refractivity contribution in [3.63, 3.8) is 0 Å². The van der Waals surface area contributed by atoms with Gasteiger partial charge in [0.1, 0.15) is 16.3 Å². The van der Waals surface area contributed by atoms with Crippen LogP contribution >= 0.6 is 11.6 Å². The van der Waals surface area contributed by atoms with Crippen LogP contribution < -0.4 is 10.9 Å². The number of nitrogens with one attached hydrogen (secondary N) is 1. The summed E-state index contributed by atoms with van der Waals surface area (Å²) in [6.45, 7) is 10.6. The van der Waals surface area contributed by atoms with Gasteiger partial charge in [0.2, 0.25) is 5.95 Å². The third-order valence-electron chi connectivity index (χ3n) is 9.45. The van der Waals surface area contributed by atoms with Gasteiger partial charge in [-0.25, -0.2) is 18.2 Å². The summed E-state index contributed by atoms with van der Waals surface area (Å²) in [7, 11) is -3.51. The number of fused-ring (bicyclic) bond motifs is 1. The lowest BCUT2D eigenvalue weighted by Gasteiger charge is -2.51. The predicted molar refractivity (Wildman–Crippen MR) is 170 cm³/mol. The maximum Gasteiger partial charge on any atom is 0.410 e. The number of carbonyl (C=O) groups excluding carboxylic acids is 1. The van der Waals surface area contributed by atoms with E-state index >= 15 is 0 Å². The van der Waals surface area contributed by atoms with Gasteiger partial charge < -0.3 is 15.0 Å². The Bertz CT molecular complexity index is 1780. The maximum atomic E-state index is 13.6. The molecule has 3 aromatic rings. The van der Waals surface area contributed by atoms with Gasteiger partial charge in [-0.1, -0.05) is 11.6 Å². The van der Waals surface area contributed by atoms with E-state index in [2.05, 4.69) is 15.3 Å². The molecule has 44 heavy (non-hydrogen) atoms. The largest absolute Gasteiger partial charge is 0.444 e. The highest BCUT2D eigenvalue weighted by Gasteiger charge is 2.51. The van der Waals surface area contributed by atoms with Crippen LogP contribution in [0.3, 0.4) is 0 Å². The number of carbonyl (C=O) groups is 1. The van der Waals surface area contributed by atoms with E-state index in [1.165, 1.54) is 0 Å². The summed E-state index contributed by atoms with van der Waals surface area (Å²) in [5.41, 5.74) is 1.10. The van der Waals surface area contributed by atoms with Crippen LogP contribution in [0.15, 0.2) is 40.2 Å². The normalized spacial score (nSPS) is 19.5. The van der Waals surface area contributed by atoms with E-state index in [4.69, 9.17) is 16.3 Å². The number of aryl methyl sites for hydroxylation is 1. The van der Waals surface area contributed by atoms with Gasteiger partial charge in [0.15, 0.2) is 9.84 Å². The Morgan fingerprint density at radius 1 is 1.16 bits per heavy atom. The minimum atomic E-state index is -3.51. The zero-order valence-corrected chi connectivity index (χ0v) is 27.5. The van der Waals surface area contributed by atoms with Crippen molar-refractivity contribution in [3.05, 3.63) is 51.4 Å². The molecule has 3 heterocycles. The molecular weight excluding hydrogens is 602 g/mol. The van der Waals surface area contributed by atoms with Crippen LogP contribution in [0.4, 0.5) is 16.4 Å². The fraction of sp³-hybridized carbons (Fsp3) is 0.562. The van der Waals surface area contributed by atoms with E-state index in [-0.39, 0.29) is 28.1 Å². The van der Waals surface area contributed by atoms with Crippen molar-refractivity contribution < 1.29 is 17.9 Å². The topological polar surface area (TPSA) is 123 Å². The highest BCUT2D eigenvalue weighted by atomic mass is 35.5. The van der Waals surface area contributed by atoms with Crippen LogP contribution in [0, 0.1) is 18.3 Å². The second-order valence-corrected chi connectivity index (χ2v) is 16.5. The maximum absolute atomic E-state index is 13.6. The van der Waals surface area contributed by atoms with Gasteiger partial charge in [-0.2, -0.15) is 4.98 Å². The molecule has 1 spiro atoms. The first-order valence-electron chi connectivity index (χ1n) is 15.3. The minimum Gasteiger partial charge on any atom is -0.444 e. The molecule has 6 rings (SSSR count). The fourth-order valence-corrected chi connectivity index (χ4v) is 8.94. The summed E-state index contributed by atoms with van der Waals surface area (Å²) in [4.78, 5) is 36.5. The number of likely N-dealkylation sites (tertiary alicyclic amines) is 1. The number of ether oxygens (including phenoxy) is 1. The number of nitrogens with zero attached hydrogens (tertiary/aromatic N) is 4. The zero-order chi connectivity index (χ0) is 31.6. The molecule has 1 saturated heterocycles. The van der Waals surface area contributed by atoms with Crippen LogP contribution in [0.5, 0.6) is 0 Å². The Morgan fingerprint density at radius 2 is 1.84 bits per heavy atom. The summed E-state index contributed by atoms with van der Waals surface area (Å²) in [5.74, 6) is 0.737. The Balaban J connectivity index is 1.14. The number of amides is 1. The molecule has 3 aliphatic rings. The molecule has 2 aliphatic carbocycles. The smallest absolute Gasteiger partial charge is 0.410 e. The molecule has 0 radical (unpaired) electrons. The number of piperidine rings is 1. The zero-order valence-electron chi connectivity index (χ0n) is 25.9. The lowest BCUT2D eigenvalue weighted by molar-refractivity contribution is -0.00428. The van der Waals surface area contributed by atoms with Gasteiger partial charge in [-0.3, -0.25) is 9.36 Å². The highest BCUT2D eigenvalue weighted by molar-refractivity contribution is 7.92. The van der Waals surface area contributed by atoms with Crippen LogP contribution in [-0.2, 0) is 14.6 Å². The van der Waals surface area contributed by atoms with Crippen molar-refractivity contribution in [2.45, 2.75) is 94.9 Å². The van der Waals surface area contributed by atoms with E-state index in [0.717, 1.165) is 31.2 Å². The standard InChI is InChI=1S/C32H40ClN5O5S/c1-19-14-23(44(41,42)24-16-32(17-24)10-12-37(13-11-32)30(40)43-31(3,4)5)8-9-26(19)35-29-34-18-22-15-25(33)28(39)38(27(22)36-29)20(2)21-6-7-21/h8-9,14-15,18,20-21,24H,6-7,10-13,16-17H2,1-5H3,(H,34,35,36). The van der Waals surface area contributed by atoms with Gasteiger partial charge in [0.25, 0.3) is 5.56 Å². The first-order chi connectivity index (χ1) is 20.7. The number of pyridine rings is 1. The van der Waals surface area contributed by atoms with E-state index in [9.17, 15) is 18.0 Å². The number of hydrogen-bond acceptors (Lipinski definition) is 8. The molecule has 1 N–H and O–H groups in total. The van der Waals surface area contributed by atoms with E-state index < -0.39 is 20.7 Å². The summed E-state index contributed by atoms with van der Waals surface area (Å²) >= 11 is 6.25. The SMILES string of the molecule is Cc1cc(S(=O)(=O)C2CC3(CCN(C(=O)OC(C)(C)C)CC3)C2)ccc1Nc1ncc2cc(Cl)c(=O)n(C(C)C3CC3)c2n1. The van der Waals surface area contributed by atoms with Crippen LogP contribution in [-0.4, -0.2) is 57.9 Å². The number of hydrogen-bond donors (Lipinski definition) is 1. The molecule has 1 unspecified atom stereocenters. The molecule has 1 aromatic carbocycles. The molecular formula is C32H40ClN5O5S. The van der Waals surface area contributed by atoms with Crippen molar-refractivity contribution >= 4 is 50.2 Å². The second-order valence-electron chi connectivity index (χ2n) is 13.9. The van der Waals surface area contributed by atoms with Crippen LogP contribution in [0.1, 0.15) is 77.8 Å². The van der Waals surface area contributed by atoms with E-state index in [1.807, 2.05) is 34.6 Å². The third-order valence-corrected chi connectivity index (χ3v) is 11.8. The highest BCUT2D eigenvalue weighted by Crippen LogP contribution is 2.53.